The first kappa shape index (κ1) is 60.6. The normalized spacial score (nSPS) is 12.2. The van der Waals surface area contributed by atoms with Gasteiger partial charge >= 0.3 is 17.9 Å². The summed E-state index contributed by atoms with van der Waals surface area (Å²) in [5.41, 5.74) is 0. The van der Waals surface area contributed by atoms with Crippen molar-refractivity contribution in [3.63, 3.8) is 0 Å². The van der Waals surface area contributed by atoms with E-state index >= 15 is 0 Å². The van der Waals surface area contributed by atoms with E-state index in [0.717, 1.165) is 77.0 Å². The van der Waals surface area contributed by atoms with Crippen molar-refractivity contribution in [2.45, 2.75) is 297 Å². The summed E-state index contributed by atoms with van der Waals surface area (Å²) in [5, 5.41) is 0. The van der Waals surface area contributed by atoms with E-state index in [1.165, 1.54) is 173 Å². The highest BCUT2D eigenvalue weighted by atomic mass is 16.6. The van der Waals surface area contributed by atoms with Gasteiger partial charge in [0.25, 0.3) is 0 Å². The van der Waals surface area contributed by atoms with Crippen molar-refractivity contribution in [3.8, 4) is 0 Å². The summed E-state index contributed by atoms with van der Waals surface area (Å²) in [6.45, 7) is 6.60. The van der Waals surface area contributed by atoms with Gasteiger partial charge in [-0.2, -0.15) is 0 Å². The van der Waals surface area contributed by atoms with Crippen molar-refractivity contribution in [1.29, 1.82) is 0 Å². The molecular formula is C57H104O6. The molecule has 0 spiro atoms. The van der Waals surface area contributed by atoms with E-state index in [-0.39, 0.29) is 31.1 Å². The number of rotatable bonds is 50. The molecule has 0 aliphatic rings. The van der Waals surface area contributed by atoms with Crippen LogP contribution in [0.1, 0.15) is 290 Å². The van der Waals surface area contributed by atoms with Gasteiger partial charge in [-0.05, 0) is 57.8 Å². The number of unbranched alkanes of at least 4 members (excludes halogenated alkanes) is 33. The minimum atomic E-state index is -0.771. The number of hydrogen-bond acceptors (Lipinski definition) is 6. The fourth-order valence-electron chi connectivity index (χ4n) is 7.98. The molecule has 1 unspecified atom stereocenters. The fourth-order valence-corrected chi connectivity index (χ4v) is 7.98. The molecular weight excluding hydrogens is 781 g/mol. The van der Waals surface area contributed by atoms with Gasteiger partial charge in [-0.1, -0.05) is 250 Å². The van der Waals surface area contributed by atoms with Crippen LogP contribution in [0.25, 0.3) is 0 Å². The third kappa shape index (κ3) is 50.5. The molecule has 0 fully saturated rings. The maximum atomic E-state index is 12.8. The molecule has 0 heterocycles. The van der Waals surface area contributed by atoms with Gasteiger partial charge in [0.1, 0.15) is 13.2 Å². The second kappa shape index (κ2) is 52.3. The van der Waals surface area contributed by atoms with Gasteiger partial charge in [0.05, 0.1) is 0 Å². The Morgan fingerprint density at radius 1 is 0.317 bits per heavy atom. The summed E-state index contributed by atoms with van der Waals surface area (Å²) in [6, 6.07) is 0. The van der Waals surface area contributed by atoms with Crippen molar-refractivity contribution in [3.05, 3.63) is 36.5 Å². The first-order valence-corrected chi connectivity index (χ1v) is 27.5. The summed E-state index contributed by atoms with van der Waals surface area (Å²) in [4.78, 5) is 37.9. The van der Waals surface area contributed by atoms with E-state index in [1.807, 2.05) is 0 Å². The van der Waals surface area contributed by atoms with E-state index in [9.17, 15) is 14.4 Å². The molecule has 368 valence electrons. The van der Waals surface area contributed by atoms with Crippen LogP contribution < -0.4 is 0 Å². The van der Waals surface area contributed by atoms with Crippen LogP contribution >= 0.6 is 0 Å². The standard InChI is InChI=1S/C57H104O6/c1-4-7-10-13-16-19-21-23-25-27-29-31-32-34-36-38-41-44-47-50-56(59)62-53-54(52-61-55(58)49-46-43-40-18-15-12-9-6-3)63-57(60)51-48-45-42-39-37-35-33-30-28-26-24-22-20-17-14-11-8-5-2/h16,19,23,25,29,31,54H,4-15,17-18,20-22,24,26-28,30,32-53H2,1-3H3/b19-16-,25-23-,31-29-. The number of carbonyl (C=O) groups excluding carboxylic acids is 3. The molecule has 0 radical (unpaired) electrons. The minimum absolute atomic E-state index is 0.0727. The fraction of sp³-hybridized carbons (Fsp3) is 0.842. The molecule has 0 aromatic rings. The maximum absolute atomic E-state index is 12.8. The Labute approximate surface area is 391 Å². The van der Waals surface area contributed by atoms with Crippen LogP contribution in [0, 0.1) is 0 Å². The van der Waals surface area contributed by atoms with Crippen molar-refractivity contribution < 1.29 is 28.6 Å². The number of ether oxygens (including phenoxy) is 3. The zero-order valence-corrected chi connectivity index (χ0v) is 42.1. The molecule has 0 saturated carbocycles. The molecule has 0 aromatic heterocycles. The first-order chi connectivity index (χ1) is 31.0. The Bertz CT molecular complexity index is 1060. The van der Waals surface area contributed by atoms with Crippen LogP contribution in [0.5, 0.6) is 0 Å². The second-order valence-corrected chi connectivity index (χ2v) is 18.5. The molecule has 0 bridgehead atoms. The van der Waals surface area contributed by atoms with Gasteiger partial charge < -0.3 is 14.2 Å². The SMILES string of the molecule is CCCCC/C=C\C/C=C\C/C=C\CCCCCCCCC(=O)OCC(COC(=O)CCCCCCCCCC)OC(=O)CCCCCCCCCCCCCCCCCCCC. The molecule has 0 N–H and O–H groups in total. The van der Waals surface area contributed by atoms with Crippen LogP contribution in [-0.4, -0.2) is 37.2 Å². The van der Waals surface area contributed by atoms with E-state index in [1.54, 1.807) is 0 Å². The third-order valence-electron chi connectivity index (χ3n) is 12.1. The lowest BCUT2D eigenvalue weighted by Gasteiger charge is -2.18. The van der Waals surface area contributed by atoms with Crippen molar-refractivity contribution in [2.75, 3.05) is 13.2 Å². The van der Waals surface area contributed by atoms with E-state index in [0.29, 0.717) is 19.3 Å². The average molecular weight is 885 g/mol. The molecule has 0 saturated heterocycles. The Kier molecular flexibility index (Phi) is 50.3. The van der Waals surface area contributed by atoms with Gasteiger partial charge in [-0.15, -0.1) is 0 Å². The number of allylic oxidation sites excluding steroid dienone is 6. The monoisotopic (exact) mass is 885 g/mol. The van der Waals surface area contributed by atoms with Gasteiger partial charge in [-0.25, -0.2) is 0 Å². The van der Waals surface area contributed by atoms with Crippen LogP contribution in [0.3, 0.4) is 0 Å². The van der Waals surface area contributed by atoms with Crippen LogP contribution in [-0.2, 0) is 28.6 Å². The first-order valence-electron chi connectivity index (χ1n) is 27.5. The minimum Gasteiger partial charge on any atom is -0.462 e. The zero-order chi connectivity index (χ0) is 45.8. The molecule has 0 aliphatic carbocycles. The Morgan fingerprint density at radius 2 is 0.571 bits per heavy atom. The van der Waals surface area contributed by atoms with E-state index < -0.39 is 6.10 Å². The molecule has 0 aliphatic heterocycles. The molecule has 6 nitrogen and oxygen atoms in total. The summed E-state index contributed by atoms with van der Waals surface area (Å²) < 4.78 is 16.8. The van der Waals surface area contributed by atoms with Gasteiger partial charge in [0, 0.05) is 19.3 Å². The lowest BCUT2D eigenvalue weighted by atomic mass is 10.0. The molecule has 0 amide bonds. The predicted octanol–water partition coefficient (Wildman–Crippen LogP) is 18.1. The smallest absolute Gasteiger partial charge is 0.306 e. The highest BCUT2D eigenvalue weighted by Gasteiger charge is 2.19. The number of carbonyl (C=O) groups is 3. The highest BCUT2D eigenvalue weighted by Crippen LogP contribution is 2.16. The van der Waals surface area contributed by atoms with Gasteiger partial charge in [-0.3, -0.25) is 14.4 Å². The summed E-state index contributed by atoms with van der Waals surface area (Å²) in [7, 11) is 0. The maximum Gasteiger partial charge on any atom is 0.306 e. The molecule has 6 heteroatoms. The highest BCUT2D eigenvalue weighted by molar-refractivity contribution is 5.71. The predicted molar refractivity (Wildman–Crippen MR) is 270 cm³/mol. The average Bonchev–Trinajstić information content (AvgIpc) is 3.28. The summed E-state index contributed by atoms with van der Waals surface area (Å²) >= 11 is 0. The Morgan fingerprint density at radius 3 is 0.921 bits per heavy atom. The zero-order valence-electron chi connectivity index (χ0n) is 42.1. The van der Waals surface area contributed by atoms with Gasteiger partial charge in [0.15, 0.2) is 6.10 Å². The van der Waals surface area contributed by atoms with E-state index in [2.05, 4.69) is 57.2 Å². The topological polar surface area (TPSA) is 78.9 Å². The largest absolute Gasteiger partial charge is 0.462 e. The number of esters is 3. The Balaban J connectivity index is 4.26. The quantitative estimate of drug-likeness (QED) is 0.0262. The molecule has 0 aromatic carbocycles. The molecule has 1 atom stereocenters. The lowest BCUT2D eigenvalue weighted by molar-refractivity contribution is -0.167. The molecule has 0 rings (SSSR count). The van der Waals surface area contributed by atoms with Crippen LogP contribution in [0.2, 0.25) is 0 Å². The summed E-state index contributed by atoms with van der Waals surface area (Å²) in [5.74, 6) is -0.876. The molecule has 63 heavy (non-hydrogen) atoms. The van der Waals surface area contributed by atoms with Crippen molar-refractivity contribution in [2.24, 2.45) is 0 Å². The van der Waals surface area contributed by atoms with Crippen molar-refractivity contribution >= 4 is 17.9 Å². The van der Waals surface area contributed by atoms with Crippen LogP contribution in [0.4, 0.5) is 0 Å². The lowest BCUT2D eigenvalue weighted by Crippen LogP contribution is -2.30. The third-order valence-corrected chi connectivity index (χ3v) is 12.1. The number of hydrogen-bond donors (Lipinski definition) is 0. The second-order valence-electron chi connectivity index (χ2n) is 18.5. The Hall–Kier alpha value is -2.37. The van der Waals surface area contributed by atoms with Crippen LogP contribution in [0.15, 0.2) is 36.5 Å². The van der Waals surface area contributed by atoms with E-state index in [4.69, 9.17) is 14.2 Å². The summed E-state index contributed by atoms with van der Waals surface area (Å²) in [6.07, 6.45) is 61.4. The van der Waals surface area contributed by atoms with Gasteiger partial charge in [0.2, 0.25) is 0 Å². The van der Waals surface area contributed by atoms with Crippen molar-refractivity contribution in [1.82, 2.24) is 0 Å².